The van der Waals surface area contributed by atoms with E-state index in [-0.39, 0.29) is 24.4 Å². The van der Waals surface area contributed by atoms with Crippen molar-refractivity contribution in [3.05, 3.63) is 75.7 Å². The van der Waals surface area contributed by atoms with E-state index < -0.39 is 0 Å². The lowest BCUT2D eigenvalue weighted by molar-refractivity contribution is -0.116. The number of rotatable bonds is 8. The summed E-state index contributed by atoms with van der Waals surface area (Å²) >= 11 is 1.51. The number of nitrogens with zero attached hydrogens (tertiary/aromatic N) is 2. The van der Waals surface area contributed by atoms with Crippen molar-refractivity contribution in [2.45, 2.75) is 33.7 Å². The zero-order valence-corrected chi connectivity index (χ0v) is 19.6. The lowest BCUT2D eigenvalue weighted by Gasteiger charge is -2.13. The Morgan fingerprint density at radius 2 is 1.82 bits per heavy atom. The minimum absolute atomic E-state index is 0.117. The van der Waals surface area contributed by atoms with Crippen LogP contribution in [0, 0.1) is 13.8 Å². The maximum Gasteiger partial charge on any atom is 0.262 e. The largest absolute Gasteiger partial charge is 0.494 e. The molecule has 0 fully saturated rings. The Bertz CT molecular complexity index is 1340. The van der Waals surface area contributed by atoms with E-state index >= 15 is 0 Å². The molecule has 0 atom stereocenters. The molecule has 33 heavy (non-hydrogen) atoms. The second-order valence-corrected chi connectivity index (χ2v) is 8.71. The number of thiophene rings is 1. The standard InChI is InChI=1S/C25H25N3O4S/c1-4-31-18-9-11-19(12-10-18)32-21-8-6-5-7-20(21)27-22(29)13-14-28-15-26-24-23(25(28)30)16(2)17(3)33-24/h5-12,15H,4,13-14H2,1-3H3,(H,27,29). The Labute approximate surface area is 195 Å². The molecule has 0 aliphatic carbocycles. The highest BCUT2D eigenvalue weighted by Gasteiger charge is 2.14. The van der Waals surface area contributed by atoms with Gasteiger partial charge in [0.2, 0.25) is 5.91 Å². The molecule has 4 aromatic rings. The SMILES string of the molecule is CCOc1ccc(Oc2ccccc2NC(=O)CCn2cnc3sc(C)c(C)c3c2=O)cc1. The molecule has 0 aliphatic rings. The summed E-state index contributed by atoms with van der Waals surface area (Å²) in [5.41, 5.74) is 1.39. The van der Waals surface area contributed by atoms with Crippen LogP contribution >= 0.6 is 11.3 Å². The Morgan fingerprint density at radius 1 is 1.09 bits per heavy atom. The monoisotopic (exact) mass is 463 g/mol. The molecule has 0 radical (unpaired) electrons. The molecule has 170 valence electrons. The van der Waals surface area contributed by atoms with Crippen molar-refractivity contribution in [1.29, 1.82) is 0 Å². The van der Waals surface area contributed by atoms with Gasteiger partial charge in [-0.25, -0.2) is 4.98 Å². The van der Waals surface area contributed by atoms with Gasteiger partial charge in [-0.15, -0.1) is 11.3 Å². The summed E-state index contributed by atoms with van der Waals surface area (Å²) in [6, 6.07) is 14.5. The second kappa shape index (κ2) is 9.87. The number of carbonyl (C=O) groups is 1. The van der Waals surface area contributed by atoms with Crippen molar-refractivity contribution >= 4 is 33.1 Å². The van der Waals surface area contributed by atoms with Crippen LogP contribution in [0.3, 0.4) is 0 Å². The lowest BCUT2D eigenvalue weighted by Crippen LogP contribution is -2.23. The molecule has 0 aliphatic heterocycles. The predicted octanol–water partition coefficient (Wildman–Crippen LogP) is 5.29. The first-order valence-corrected chi connectivity index (χ1v) is 11.5. The molecule has 1 N–H and O–H groups in total. The molecule has 4 rings (SSSR count). The van der Waals surface area contributed by atoms with Crippen LogP contribution in [-0.4, -0.2) is 22.1 Å². The number of hydrogen-bond donors (Lipinski definition) is 1. The van der Waals surface area contributed by atoms with Gasteiger partial charge in [0.05, 0.1) is 24.0 Å². The van der Waals surface area contributed by atoms with Gasteiger partial charge in [0.15, 0.2) is 5.75 Å². The van der Waals surface area contributed by atoms with Crippen molar-refractivity contribution in [2.75, 3.05) is 11.9 Å². The second-order valence-electron chi connectivity index (χ2n) is 7.51. The molecule has 2 aromatic heterocycles. The summed E-state index contributed by atoms with van der Waals surface area (Å²) in [4.78, 5) is 31.7. The molecular formula is C25H25N3O4S. The molecule has 0 saturated heterocycles. The molecule has 0 saturated carbocycles. The minimum atomic E-state index is -0.219. The predicted molar refractivity (Wildman–Crippen MR) is 131 cm³/mol. The number of ether oxygens (including phenoxy) is 2. The van der Waals surface area contributed by atoms with Gasteiger partial charge in [-0.3, -0.25) is 14.2 Å². The summed E-state index contributed by atoms with van der Waals surface area (Å²) < 4.78 is 12.9. The van der Waals surface area contributed by atoms with E-state index in [0.29, 0.717) is 29.2 Å². The number of aryl methyl sites for hydroxylation is 3. The van der Waals surface area contributed by atoms with E-state index in [2.05, 4.69) is 10.3 Å². The summed E-state index contributed by atoms with van der Waals surface area (Å²) in [6.07, 6.45) is 1.64. The summed E-state index contributed by atoms with van der Waals surface area (Å²) in [6.45, 7) is 6.67. The van der Waals surface area contributed by atoms with E-state index in [1.54, 1.807) is 12.1 Å². The van der Waals surface area contributed by atoms with Gasteiger partial charge in [-0.05, 0) is 62.7 Å². The Hall–Kier alpha value is -3.65. The van der Waals surface area contributed by atoms with Crippen molar-refractivity contribution in [3.8, 4) is 17.2 Å². The fourth-order valence-corrected chi connectivity index (χ4v) is 4.41. The molecule has 2 heterocycles. The van der Waals surface area contributed by atoms with Gasteiger partial charge in [0.1, 0.15) is 16.3 Å². The highest BCUT2D eigenvalue weighted by molar-refractivity contribution is 7.18. The van der Waals surface area contributed by atoms with E-state index in [0.717, 1.165) is 21.0 Å². The molecule has 8 heteroatoms. The summed E-state index contributed by atoms with van der Waals surface area (Å²) in [5.74, 6) is 1.71. The van der Waals surface area contributed by atoms with Crippen LogP contribution in [0.2, 0.25) is 0 Å². The molecular weight excluding hydrogens is 438 g/mol. The van der Waals surface area contributed by atoms with Crippen LogP contribution in [0.25, 0.3) is 10.2 Å². The molecule has 1 amide bonds. The van der Waals surface area contributed by atoms with Gasteiger partial charge < -0.3 is 14.8 Å². The van der Waals surface area contributed by atoms with Gasteiger partial charge in [0, 0.05) is 17.8 Å². The van der Waals surface area contributed by atoms with Crippen LogP contribution in [0.15, 0.2) is 59.7 Å². The first-order chi connectivity index (χ1) is 16.0. The highest BCUT2D eigenvalue weighted by Crippen LogP contribution is 2.30. The zero-order chi connectivity index (χ0) is 23.4. The Balaban J connectivity index is 1.43. The highest BCUT2D eigenvalue weighted by atomic mass is 32.1. The number of aromatic nitrogens is 2. The number of anilines is 1. The van der Waals surface area contributed by atoms with Crippen LogP contribution in [-0.2, 0) is 11.3 Å². The quantitative estimate of drug-likeness (QED) is 0.384. The number of hydrogen-bond acceptors (Lipinski definition) is 6. The van der Waals surface area contributed by atoms with Crippen molar-refractivity contribution in [1.82, 2.24) is 9.55 Å². The third-order valence-electron chi connectivity index (χ3n) is 5.26. The van der Waals surface area contributed by atoms with E-state index in [1.807, 2.05) is 57.2 Å². The van der Waals surface area contributed by atoms with Gasteiger partial charge in [-0.1, -0.05) is 12.1 Å². The van der Waals surface area contributed by atoms with Crippen molar-refractivity contribution in [2.24, 2.45) is 0 Å². The smallest absolute Gasteiger partial charge is 0.262 e. The van der Waals surface area contributed by atoms with E-state index in [4.69, 9.17) is 9.47 Å². The average molecular weight is 464 g/mol. The van der Waals surface area contributed by atoms with Crippen LogP contribution < -0.4 is 20.3 Å². The van der Waals surface area contributed by atoms with E-state index in [1.165, 1.54) is 22.2 Å². The topological polar surface area (TPSA) is 82.4 Å². The minimum Gasteiger partial charge on any atom is -0.494 e. The molecule has 0 unspecified atom stereocenters. The Morgan fingerprint density at radius 3 is 2.58 bits per heavy atom. The number of benzene rings is 2. The number of amides is 1. The van der Waals surface area contributed by atoms with Gasteiger partial charge >= 0.3 is 0 Å². The average Bonchev–Trinajstić information content (AvgIpc) is 3.10. The summed E-state index contributed by atoms with van der Waals surface area (Å²) in [5, 5.41) is 3.52. The first-order valence-electron chi connectivity index (χ1n) is 10.7. The maximum atomic E-state index is 12.8. The number of fused-ring (bicyclic) bond motifs is 1. The van der Waals surface area contributed by atoms with Gasteiger partial charge in [0.25, 0.3) is 5.56 Å². The third-order valence-corrected chi connectivity index (χ3v) is 6.37. The van der Waals surface area contributed by atoms with Crippen molar-refractivity contribution < 1.29 is 14.3 Å². The third kappa shape index (κ3) is 5.06. The normalized spacial score (nSPS) is 10.9. The van der Waals surface area contributed by atoms with Crippen LogP contribution in [0.1, 0.15) is 23.8 Å². The summed E-state index contributed by atoms with van der Waals surface area (Å²) in [7, 11) is 0. The fourth-order valence-electron chi connectivity index (χ4n) is 3.42. The molecule has 2 aromatic carbocycles. The maximum absolute atomic E-state index is 12.8. The molecule has 0 bridgehead atoms. The van der Waals surface area contributed by atoms with Crippen LogP contribution in [0.4, 0.5) is 5.69 Å². The molecule has 7 nitrogen and oxygen atoms in total. The van der Waals surface area contributed by atoms with Gasteiger partial charge in [-0.2, -0.15) is 0 Å². The number of nitrogens with one attached hydrogen (secondary N) is 1. The number of para-hydroxylation sites is 2. The Kier molecular flexibility index (Phi) is 6.74. The lowest BCUT2D eigenvalue weighted by atomic mass is 10.2. The fraction of sp³-hybridized carbons (Fsp3) is 0.240. The number of carbonyl (C=O) groups excluding carboxylic acids is 1. The first kappa shape index (κ1) is 22.5. The van der Waals surface area contributed by atoms with Crippen molar-refractivity contribution in [3.63, 3.8) is 0 Å². The molecule has 0 spiro atoms. The van der Waals surface area contributed by atoms with Crippen LogP contribution in [0.5, 0.6) is 17.2 Å². The zero-order valence-electron chi connectivity index (χ0n) is 18.8. The van der Waals surface area contributed by atoms with E-state index in [9.17, 15) is 9.59 Å².